The second-order valence-electron chi connectivity index (χ2n) is 7.46. The molecule has 5 nitrogen and oxygen atoms in total. The number of ether oxygens (including phenoxy) is 1. The number of halogens is 2. The zero-order valence-corrected chi connectivity index (χ0v) is 21.0. The Balaban J connectivity index is 0.00000392. The van der Waals surface area contributed by atoms with Gasteiger partial charge in [0.25, 0.3) is 0 Å². The molecule has 0 spiro atoms. The zero-order chi connectivity index (χ0) is 19.5. The Hall–Kier alpha value is -0.380. The number of nitrogens with zero attached hydrogens (tertiary/aromatic N) is 1. The van der Waals surface area contributed by atoms with Crippen LogP contribution in [0.15, 0.2) is 33.7 Å². The van der Waals surface area contributed by atoms with Gasteiger partial charge in [0.1, 0.15) is 0 Å². The number of benzene rings is 1. The maximum atomic E-state index is 9.39. The van der Waals surface area contributed by atoms with Crippen molar-refractivity contribution >= 4 is 45.9 Å². The van der Waals surface area contributed by atoms with Gasteiger partial charge in [-0.25, -0.2) is 0 Å². The minimum Gasteiger partial charge on any atom is -0.396 e. The Morgan fingerprint density at radius 3 is 2.79 bits per heavy atom. The highest BCUT2D eigenvalue weighted by molar-refractivity contribution is 14.0. The van der Waals surface area contributed by atoms with Gasteiger partial charge in [-0.15, -0.1) is 24.0 Å². The summed E-state index contributed by atoms with van der Waals surface area (Å²) in [6.45, 7) is 8.37. The summed E-state index contributed by atoms with van der Waals surface area (Å²) < 4.78 is 6.70. The van der Waals surface area contributed by atoms with Gasteiger partial charge >= 0.3 is 0 Å². The van der Waals surface area contributed by atoms with E-state index >= 15 is 0 Å². The van der Waals surface area contributed by atoms with E-state index in [-0.39, 0.29) is 36.0 Å². The highest BCUT2D eigenvalue weighted by Crippen LogP contribution is 2.32. The Kier molecular flexibility index (Phi) is 12.6. The fourth-order valence-electron chi connectivity index (χ4n) is 3.48. The first-order chi connectivity index (χ1) is 13.1. The molecule has 1 aliphatic heterocycles. The molecule has 1 fully saturated rings. The summed E-state index contributed by atoms with van der Waals surface area (Å²) in [6, 6.07) is 8.54. The second-order valence-corrected chi connectivity index (χ2v) is 8.38. The van der Waals surface area contributed by atoms with Crippen LogP contribution in [-0.4, -0.2) is 50.5 Å². The van der Waals surface area contributed by atoms with E-state index in [9.17, 15) is 5.11 Å². The second kappa shape index (κ2) is 13.8. The average Bonchev–Trinajstić information content (AvgIpc) is 3.12. The summed E-state index contributed by atoms with van der Waals surface area (Å²) in [5.41, 5.74) is 1.34. The molecular formula is C21H35BrIN3O2. The fourth-order valence-corrected chi connectivity index (χ4v) is 3.92. The van der Waals surface area contributed by atoms with Crippen LogP contribution in [0.4, 0.5) is 0 Å². The summed E-state index contributed by atoms with van der Waals surface area (Å²) >= 11 is 3.55. The lowest BCUT2D eigenvalue weighted by Crippen LogP contribution is -2.41. The summed E-state index contributed by atoms with van der Waals surface area (Å²) in [5, 5.41) is 16.2. The normalized spacial score (nSPS) is 20.5. The van der Waals surface area contributed by atoms with E-state index in [2.05, 4.69) is 64.7 Å². The molecule has 28 heavy (non-hydrogen) atoms. The number of rotatable bonds is 10. The maximum Gasteiger partial charge on any atom is 0.191 e. The van der Waals surface area contributed by atoms with Crippen LogP contribution >= 0.6 is 39.9 Å². The molecule has 0 amide bonds. The SMILES string of the molecule is CCNC(=NCC1(CCO)CCOC1)NCC(CC)Cc1cccc(Br)c1.I. The van der Waals surface area contributed by atoms with Crippen molar-refractivity contribution in [1.82, 2.24) is 10.6 Å². The molecule has 2 rings (SSSR count). The highest BCUT2D eigenvalue weighted by atomic mass is 127. The van der Waals surface area contributed by atoms with Crippen molar-refractivity contribution in [3.05, 3.63) is 34.3 Å². The van der Waals surface area contributed by atoms with Gasteiger partial charge < -0.3 is 20.5 Å². The molecule has 0 saturated carbocycles. The van der Waals surface area contributed by atoms with E-state index in [0.717, 1.165) is 55.8 Å². The van der Waals surface area contributed by atoms with Crippen LogP contribution in [0.25, 0.3) is 0 Å². The van der Waals surface area contributed by atoms with E-state index in [0.29, 0.717) is 19.1 Å². The van der Waals surface area contributed by atoms with Gasteiger partial charge in [0.15, 0.2) is 5.96 Å². The summed E-state index contributed by atoms with van der Waals surface area (Å²) in [7, 11) is 0. The number of aliphatic hydroxyl groups excluding tert-OH is 1. The quantitative estimate of drug-likeness (QED) is 0.227. The van der Waals surface area contributed by atoms with Crippen molar-refractivity contribution in [3.8, 4) is 0 Å². The third kappa shape index (κ3) is 8.55. The predicted molar refractivity (Wildman–Crippen MR) is 131 cm³/mol. The van der Waals surface area contributed by atoms with E-state index in [1.54, 1.807) is 0 Å². The number of nitrogens with one attached hydrogen (secondary N) is 2. The van der Waals surface area contributed by atoms with Crippen molar-refractivity contribution in [2.75, 3.05) is 39.5 Å². The number of guanidine groups is 1. The maximum absolute atomic E-state index is 9.39. The number of aliphatic hydroxyl groups is 1. The molecule has 3 N–H and O–H groups in total. The number of hydrogen-bond donors (Lipinski definition) is 3. The molecular weight excluding hydrogens is 533 g/mol. The largest absolute Gasteiger partial charge is 0.396 e. The predicted octanol–water partition coefficient (Wildman–Crippen LogP) is 3.98. The van der Waals surface area contributed by atoms with Crippen molar-refractivity contribution in [1.29, 1.82) is 0 Å². The molecule has 2 unspecified atom stereocenters. The van der Waals surface area contributed by atoms with Crippen LogP contribution in [0.5, 0.6) is 0 Å². The molecule has 0 radical (unpaired) electrons. The van der Waals surface area contributed by atoms with Crippen molar-refractivity contribution < 1.29 is 9.84 Å². The molecule has 1 aromatic rings. The summed E-state index contributed by atoms with van der Waals surface area (Å²) in [4.78, 5) is 4.81. The molecule has 0 bridgehead atoms. The van der Waals surface area contributed by atoms with Crippen LogP contribution in [0.1, 0.15) is 38.7 Å². The lowest BCUT2D eigenvalue weighted by molar-refractivity contribution is 0.131. The zero-order valence-electron chi connectivity index (χ0n) is 17.0. The van der Waals surface area contributed by atoms with E-state index in [1.807, 2.05) is 0 Å². The number of hydrogen-bond acceptors (Lipinski definition) is 3. The van der Waals surface area contributed by atoms with Crippen LogP contribution < -0.4 is 10.6 Å². The molecule has 0 aromatic heterocycles. The summed E-state index contributed by atoms with van der Waals surface area (Å²) in [5.74, 6) is 1.40. The molecule has 2 atom stereocenters. The van der Waals surface area contributed by atoms with E-state index in [1.165, 1.54) is 5.56 Å². The topological polar surface area (TPSA) is 65.9 Å². The first-order valence-corrected chi connectivity index (χ1v) is 10.9. The molecule has 7 heteroatoms. The van der Waals surface area contributed by atoms with Crippen molar-refractivity contribution in [3.63, 3.8) is 0 Å². The number of aliphatic imine (C=N–C) groups is 1. The third-order valence-electron chi connectivity index (χ3n) is 5.29. The highest BCUT2D eigenvalue weighted by Gasteiger charge is 2.34. The standard InChI is InChI=1S/C21H34BrN3O2.HI/c1-3-17(12-18-6-5-7-19(22)13-18)14-24-20(23-4-2)25-15-21(8-10-26)9-11-27-16-21;/h5-7,13,17,26H,3-4,8-12,14-16H2,1-2H3,(H2,23,24,25);1H. The molecule has 0 aliphatic carbocycles. The lowest BCUT2D eigenvalue weighted by Gasteiger charge is -2.25. The molecule has 160 valence electrons. The van der Waals surface area contributed by atoms with Gasteiger partial charge in [0.05, 0.1) is 13.2 Å². The van der Waals surface area contributed by atoms with Crippen LogP contribution in [0, 0.1) is 11.3 Å². The minimum atomic E-state index is -0.0163. The average molecular weight is 568 g/mol. The fraction of sp³-hybridized carbons (Fsp3) is 0.667. The van der Waals surface area contributed by atoms with E-state index in [4.69, 9.17) is 9.73 Å². The van der Waals surface area contributed by atoms with Gasteiger partial charge in [-0.3, -0.25) is 4.99 Å². The Bertz CT molecular complexity index is 595. The Labute approximate surface area is 195 Å². The van der Waals surface area contributed by atoms with Gasteiger partial charge in [-0.2, -0.15) is 0 Å². The van der Waals surface area contributed by atoms with Crippen LogP contribution in [0.2, 0.25) is 0 Å². The molecule has 1 aromatic carbocycles. The Morgan fingerprint density at radius 1 is 1.36 bits per heavy atom. The van der Waals surface area contributed by atoms with E-state index < -0.39 is 0 Å². The molecule has 1 aliphatic rings. The Morgan fingerprint density at radius 2 is 2.18 bits per heavy atom. The molecule has 1 heterocycles. The van der Waals surface area contributed by atoms with Gasteiger partial charge in [0, 0.05) is 36.2 Å². The third-order valence-corrected chi connectivity index (χ3v) is 5.79. The molecule has 1 saturated heterocycles. The van der Waals surface area contributed by atoms with Gasteiger partial charge in [-0.05, 0) is 49.8 Å². The van der Waals surface area contributed by atoms with Crippen LogP contribution in [0.3, 0.4) is 0 Å². The minimum absolute atomic E-state index is 0. The van der Waals surface area contributed by atoms with Crippen molar-refractivity contribution in [2.45, 2.75) is 39.5 Å². The van der Waals surface area contributed by atoms with Gasteiger partial charge in [0.2, 0.25) is 0 Å². The monoisotopic (exact) mass is 567 g/mol. The first kappa shape index (κ1) is 25.7. The smallest absolute Gasteiger partial charge is 0.191 e. The first-order valence-electron chi connectivity index (χ1n) is 10.1. The van der Waals surface area contributed by atoms with Gasteiger partial charge in [-0.1, -0.05) is 41.4 Å². The summed E-state index contributed by atoms with van der Waals surface area (Å²) in [6.07, 6.45) is 3.87. The lowest BCUT2D eigenvalue weighted by atomic mass is 9.84. The van der Waals surface area contributed by atoms with Crippen LogP contribution in [-0.2, 0) is 11.2 Å². The van der Waals surface area contributed by atoms with Crippen molar-refractivity contribution in [2.24, 2.45) is 16.3 Å².